The average molecular weight is 195 g/mol. The molecule has 2 heterocycles. The summed E-state index contributed by atoms with van der Waals surface area (Å²) in [5, 5.41) is 0. The maximum Gasteiger partial charge on any atom is 0.213 e. The van der Waals surface area contributed by atoms with Gasteiger partial charge in [0, 0.05) is 18.1 Å². The summed E-state index contributed by atoms with van der Waals surface area (Å²) in [6.07, 6.45) is 2.88. The number of rotatable bonds is 4. The molecule has 4 nitrogen and oxygen atoms in total. The molecule has 1 atom stereocenters. The minimum atomic E-state index is 0.344. The van der Waals surface area contributed by atoms with Gasteiger partial charge >= 0.3 is 0 Å². The van der Waals surface area contributed by atoms with E-state index in [2.05, 4.69) is 4.98 Å². The Hall–Kier alpha value is -1.29. The highest BCUT2D eigenvalue weighted by atomic mass is 16.6. The molecule has 1 fully saturated rings. The normalized spacial score (nSPS) is 19.1. The van der Waals surface area contributed by atoms with Gasteiger partial charge in [0.05, 0.1) is 33.1 Å². The van der Waals surface area contributed by atoms with Gasteiger partial charge < -0.3 is 14.2 Å². The standard InChI is InChI=1S/C10H13NO3/c1-12-9-5-11-10(13-2)4-7(9)3-8-6-14-8/h4-5,8H,3,6H2,1-2H3. The van der Waals surface area contributed by atoms with Crippen molar-refractivity contribution in [2.24, 2.45) is 0 Å². The van der Waals surface area contributed by atoms with Gasteiger partial charge in [0.15, 0.2) is 0 Å². The predicted octanol–water partition coefficient (Wildman–Crippen LogP) is 1.04. The van der Waals surface area contributed by atoms with E-state index in [0.29, 0.717) is 12.0 Å². The fourth-order valence-corrected chi connectivity index (χ4v) is 1.35. The molecule has 0 saturated carbocycles. The third-order valence-electron chi connectivity index (χ3n) is 2.20. The van der Waals surface area contributed by atoms with Gasteiger partial charge in [0.1, 0.15) is 5.75 Å². The van der Waals surface area contributed by atoms with Crippen LogP contribution in [0.3, 0.4) is 0 Å². The van der Waals surface area contributed by atoms with E-state index in [1.165, 1.54) is 0 Å². The van der Waals surface area contributed by atoms with Crippen LogP contribution in [0.4, 0.5) is 0 Å². The number of methoxy groups -OCH3 is 2. The molecular weight excluding hydrogens is 182 g/mol. The van der Waals surface area contributed by atoms with E-state index in [4.69, 9.17) is 14.2 Å². The van der Waals surface area contributed by atoms with Crippen LogP contribution in [0, 0.1) is 0 Å². The summed E-state index contributed by atoms with van der Waals surface area (Å²) in [6, 6.07) is 1.89. The first-order valence-electron chi connectivity index (χ1n) is 4.52. The lowest BCUT2D eigenvalue weighted by atomic mass is 10.1. The van der Waals surface area contributed by atoms with Gasteiger partial charge in [-0.15, -0.1) is 0 Å². The first kappa shape index (κ1) is 9.27. The van der Waals surface area contributed by atoms with Crippen LogP contribution in [0.1, 0.15) is 5.56 Å². The van der Waals surface area contributed by atoms with Gasteiger partial charge in [-0.2, -0.15) is 0 Å². The second-order valence-corrected chi connectivity index (χ2v) is 3.20. The molecule has 14 heavy (non-hydrogen) atoms. The molecular formula is C10H13NO3. The van der Waals surface area contributed by atoms with Crippen molar-refractivity contribution >= 4 is 0 Å². The van der Waals surface area contributed by atoms with E-state index >= 15 is 0 Å². The van der Waals surface area contributed by atoms with Crippen molar-refractivity contribution in [2.75, 3.05) is 20.8 Å². The molecule has 76 valence electrons. The lowest BCUT2D eigenvalue weighted by molar-refractivity contribution is 0.376. The highest BCUT2D eigenvalue weighted by Gasteiger charge is 2.24. The van der Waals surface area contributed by atoms with Crippen LogP contribution in [-0.4, -0.2) is 31.9 Å². The highest BCUT2D eigenvalue weighted by molar-refractivity contribution is 5.35. The summed E-state index contributed by atoms with van der Waals surface area (Å²) in [6.45, 7) is 0.841. The number of hydrogen-bond donors (Lipinski definition) is 0. The zero-order valence-corrected chi connectivity index (χ0v) is 8.32. The van der Waals surface area contributed by atoms with E-state index < -0.39 is 0 Å². The minimum Gasteiger partial charge on any atom is -0.495 e. The number of nitrogens with zero attached hydrogens (tertiary/aromatic N) is 1. The smallest absolute Gasteiger partial charge is 0.213 e. The fourth-order valence-electron chi connectivity index (χ4n) is 1.35. The number of ether oxygens (including phenoxy) is 3. The van der Waals surface area contributed by atoms with E-state index in [1.54, 1.807) is 20.4 Å². The maximum atomic E-state index is 5.20. The van der Waals surface area contributed by atoms with Gasteiger partial charge in [0.2, 0.25) is 5.88 Å². The van der Waals surface area contributed by atoms with Gasteiger partial charge in [-0.3, -0.25) is 0 Å². The summed E-state index contributed by atoms with van der Waals surface area (Å²) < 4.78 is 15.4. The molecule has 0 bridgehead atoms. The second kappa shape index (κ2) is 3.84. The van der Waals surface area contributed by atoms with Crippen molar-refractivity contribution in [1.29, 1.82) is 0 Å². The number of epoxide rings is 1. The Kier molecular flexibility index (Phi) is 2.54. The molecule has 0 spiro atoms. The van der Waals surface area contributed by atoms with Crippen molar-refractivity contribution in [3.05, 3.63) is 17.8 Å². The first-order chi connectivity index (χ1) is 6.83. The molecule has 4 heteroatoms. The minimum absolute atomic E-state index is 0.344. The average Bonchev–Trinajstić information content (AvgIpc) is 3.01. The molecule has 1 aromatic heterocycles. The SMILES string of the molecule is COc1cc(CC2CO2)c(OC)cn1. The van der Waals surface area contributed by atoms with Crippen LogP contribution in [-0.2, 0) is 11.2 Å². The van der Waals surface area contributed by atoms with E-state index in [1.807, 2.05) is 6.07 Å². The van der Waals surface area contributed by atoms with Crippen LogP contribution < -0.4 is 9.47 Å². The molecule has 1 saturated heterocycles. The van der Waals surface area contributed by atoms with E-state index in [0.717, 1.165) is 24.3 Å². The van der Waals surface area contributed by atoms with Crippen LogP contribution in [0.25, 0.3) is 0 Å². The molecule has 0 aromatic carbocycles. The van der Waals surface area contributed by atoms with Crippen molar-refractivity contribution in [2.45, 2.75) is 12.5 Å². The number of pyridine rings is 1. The van der Waals surface area contributed by atoms with Crippen LogP contribution in [0.15, 0.2) is 12.3 Å². The highest BCUT2D eigenvalue weighted by Crippen LogP contribution is 2.26. The van der Waals surface area contributed by atoms with Gasteiger partial charge in [-0.25, -0.2) is 4.98 Å². The first-order valence-corrected chi connectivity index (χ1v) is 4.52. The Morgan fingerprint density at radius 1 is 1.50 bits per heavy atom. The van der Waals surface area contributed by atoms with E-state index in [-0.39, 0.29) is 0 Å². The summed E-state index contributed by atoms with van der Waals surface area (Å²) >= 11 is 0. The van der Waals surface area contributed by atoms with Crippen LogP contribution in [0.2, 0.25) is 0 Å². The summed E-state index contributed by atoms with van der Waals surface area (Å²) in [5.41, 5.74) is 1.09. The van der Waals surface area contributed by atoms with Crippen molar-refractivity contribution in [3.8, 4) is 11.6 Å². The molecule has 1 aromatic rings. The van der Waals surface area contributed by atoms with Crippen molar-refractivity contribution < 1.29 is 14.2 Å². The van der Waals surface area contributed by atoms with Gasteiger partial charge in [-0.1, -0.05) is 0 Å². The third kappa shape index (κ3) is 1.96. The molecule has 2 rings (SSSR count). The summed E-state index contributed by atoms with van der Waals surface area (Å²) in [4.78, 5) is 4.07. The lowest BCUT2D eigenvalue weighted by Crippen LogP contribution is -1.99. The molecule has 1 unspecified atom stereocenters. The molecule has 0 N–H and O–H groups in total. The maximum absolute atomic E-state index is 5.20. The molecule has 0 amide bonds. The third-order valence-corrected chi connectivity index (χ3v) is 2.20. The zero-order valence-electron chi connectivity index (χ0n) is 8.32. The monoisotopic (exact) mass is 195 g/mol. The van der Waals surface area contributed by atoms with Gasteiger partial charge in [0.25, 0.3) is 0 Å². The predicted molar refractivity (Wildman–Crippen MR) is 50.8 cm³/mol. The Labute approximate surface area is 82.8 Å². The van der Waals surface area contributed by atoms with Crippen molar-refractivity contribution in [1.82, 2.24) is 4.98 Å². The van der Waals surface area contributed by atoms with Crippen LogP contribution in [0.5, 0.6) is 11.6 Å². The molecule has 1 aliphatic heterocycles. The fraction of sp³-hybridized carbons (Fsp3) is 0.500. The number of aromatic nitrogens is 1. The Morgan fingerprint density at radius 3 is 2.86 bits per heavy atom. The summed E-state index contributed by atoms with van der Waals surface area (Å²) in [5.74, 6) is 1.41. The Morgan fingerprint density at radius 2 is 2.29 bits per heavy atom. The summed E-state index contributed by atoms with van der Waals surface area (Å²) in [7, 11) is 3.24. The topological polar surface area (TPSA) is 43.9 Å². The quantitative estimate of drug-likeness (QED) is 0.673. The van der Waals surface area contributed by atoms with Gasteiger partial charge in [-0.05, 0) is 0 Å². The zero-order chi connectivity index (χ0) is 9.97. The van der Waals surface area contributed by atoms with E-state index in [9.17, 15) is 0 Å². The second-order valence-electron chi connectivity index (χ2n) is 3.20. The molecule has 0 aliphatic carbocycles. The largest absolute Gasteiger partial charge is 0.495 e. The Balaban J connectivity index is 2.21. The van der Waals surface area contributed by atoms with Crippen molar-refractivity contribution in [3.63, 3.8) is 0 Å². The van der Waals surface area contributed by atoms with Crippen LogP contribution >= 0.6 is 0 Å². The lowest BCUT2D eigenvalue weighted by Gasteiger charge is -2.07. The molecule has 1 aliphatic rings. The Bertz CT molecular complexity index is 323. The number of hydrogen-bond acceptors (Lipinski definition) is 4. The molecule has 0 radical (unpaired) electrons.